The van der Waals surface area contributed by atoms with Crippen molar-refractivity contribution in [2.45, 2.75) is 50.3 Å². The maximum Gasteiger partial charge on any atom is 0.119 e. The molecule has 1 heterocycles. The van der Waals surface area contributed by atoms with Gasteiger partial charge in [0.25, 0.3) is 0 Å². The van der Waals surface area contributed by atoms with Crippen molar-refractivity contribution in [1.82, 2.24) is 0 Å². The first-order valence-electron chi connectivity index (χ1n) is 9.62. The lowest BCUT2D eigenvalue weighted by atomic mass is 9.84. The van der Waals surface area contributed by atoms with Crippen molar-refractivity contribution >= 4 is 11.6 Å². The third-order valence-corrected chi connectivity index (χ3v) is 5.72. The van der Waals surface area contributed by atoms with Crippen molar-refractivity contribution in [1.29, 1.82) is 0 Å². The summed E-state index contributed by atoms with van der Waals surface area (Å²) in [6.45, 7) is 3.53. The molecule has 0 radical (unpaired) electrons. The molecule has 1 saturated heterocycles. The molecule has 5 atom stereocenters. The van der Waals surface area contributed by atoms with Crippen LogP contribution < -0.4 is 4.74 Å². The summed E-state index contributed by atoms with van der Waals surface area (Å²) in [5.74, 6) is 0.797. The second kappa shape index (κ2) is 9.00. The number of halogens is 1. The van der Waals surface area contributed by atoms with Crippen molar-refractivity contribution in [3.8, 4) is 5.75 Å². The molecule has 0 saturated carbocycles. The first-order chi connectivity index (χ1) is 13.8. The van der Waals surface area contributed by atoms with Crippen LogP contribution in [0.1, 0.15) is 36.6 Å². The van der Waals surface area contributed by atoms with Gasteiger partial charge in [-0.1, -0.05) is 35.9 Å². The maximum atomic E-state index is 10.5. The summed E-state index contributed by atoms with van der Waals surface area (Å²) in [6.07, 6.45) is -4.55. The van der Waals surface area contributed by atoms with Crippen molar-refractivity contribution in [3.63, 3.8) is 0 Å². The van der Waals surface area contributed by atoms with Crippen LogP contribution in [0.3, 0.4) is 0 Å². The summed E-state index contributed by atoms with van der Waals surface area (Å²) in [6, 6.07) is 13.0. The van der Waals surface area contributed by atoms with Crippen molar-refractivity contribution in [2.24, 2.45) is 0 Å². The second-order valence-corrected chi connectivity index (χ2v) is 7.95. The highest BCUT2D eigenvalue weighted by molar-refractivity contribution is 6.31. The highest BCUT2D eigenvalue weighted by Crippen LogP contribution is 2.39. The van der Waals surface area contributed by atoms with Crippen LogP contribution in [-0.4, -0.2) is 57.6 Å². The van der Waals surface area contributed by atoms with Gasteiger partial charge in [-0.25, -0.2) is 0 Å². The lowest BCUT2D eigenvalue weighted by molar-refractivity contribution is -0.273. The Labute approximate surface area is 175 Å². The minimum absolute atomic E-state index is 0.499. The molecule has 2 aromatic rings. The Balaban J connectivity index is 1.86. The summed E-state index contributed by atoms with van der Waals surface area (Å²) < 4.78 is 11.3. The van der Waals surface area contributed by atoms with E-state index in [2.05, 4.69) is 0 Å². The molecule has 4 N–H and O–H groups in total. The number of rotatable bonds is 6. The molecule has 1 aliphatic heterocycles. The minimum atomic E-state index is -1.45. The minimum Gasteiger partial charge on any atom is -0.494 e. The van der Waals surface area contributed by atoms with Crippen molar-refractivity contribution in [2.75, 3.05) is 13.2 Å². The quantitative estimate of drug-likeness (QED) is 0.569. The monoisotopic (exact) mass is 422 g/mol. The molecule has 0 spiro atoms. The van der Waals surface area contributed by atoms with Gasteiger partial charge in [-0.15, -0.1) is 0 Å². The van der Waals surface area contributed by atoms with Gasteiger partial charge >= 0.3 is 0 Å². The summed E-state index contributed by atoms with van der Waals surface area (Å²) in [7, 11) is 0. The zero-order chi connectivity index (χ0) is 21.2. The fraction of sp³-hybridized carbons (Fsp3) is 0.455. The Morgan fingerprint density at radius 3 is 2.38 bits per heavy atom. The van der Waals surface area contributed by atoms with Crippen LogP contribution in [0.15, 0.2) is 42.5 Å². The molecule has 1 aliphatic rings. The van der Waals surface area contributed by atoms with Gasteiger partial charge < -0.3 is 29.9 Å². The molecule has 29 heavy (non-hydrogen) atoms. The number of ether oxygens (including phenoxy) is 2. The molecule has 0 bridgehead atoms. The van der Waals surface area contributed by atoms with Gasteiger partial charge in [-0.2, -0.15) is 0 Å². The summed E-state index contributed by atoms with van der Waals surface area (Å²) in [5, 5.41) is 41.1. The zero-order valence-corrected chi connectivity index (χ0v) is 17.2. The Morgan fingerprint density at radius 1 is 1.07 bits per heavy atom. The molecule has 3 rings (SSSR count). The lowest BCUT2D eigenvalue weighted by Gasteiger charge is -2.46. The van der Waals surface area contributed by atoms with Crippen LogP contribution in [0.4, 0.5) is 0 Å². The highest BCUT2D eigenvalue weighted by Gasteiger charge is 2.50. The van der Waals surface area contributed by atoms with E-state index < -0.39 is 36.6 Å². The van der Waals surface area contributed by atoms with Crippen LogP contribution in [-0.2, 0) is 11.2 Å². The van der Waals surface area contributed by atoms with E-state index in [0.717, 1.165) is 16.9 Å². The van der Waals surface area contributed by atoms with Gasteiger partial charge in [0.05, 0.1) is 13.2 Å². The van der Waals surface area contributed by atoms with E-state index in [0.29, 0.717) is 23.6 Å². The number of hydrogen-bond donors (Lipinski definition) is 4. The van der Waals surface area contributed by atoms with E-state index >= 15 is 0 Å². The lowest BCUT2D eigenvalue weighted by Crippen LogP contribution is -2.61. The molecule has 1 unspecified atom stereocenters. The Bertz CT molecular complexity index is 827. The number of benzene rings is 2. The van der Waals surface area contributed by atoms with Gasteiger partial charge in [0.2, 0.25) is 0 Å². The smallest absolute Gasteiger partial charge is 0.119 e. The molecule has 7 heteroatoms. The fourth-order valence-corrected chi connectivity index (χ4v) is 3.73. The first kappa shape index (κ1) is 22.0. The second-order valence-electron chi connectivity index (χ2n) is 7.54. The van der Waals surface area contributed by atoms with E-state index in [9.17, 15) is 20.4 Å². The molecular weight excluding hydrogens is 396 g/mol. The van der Waals surface area contributed by atoms with E-state index in [1.165, 1.54) is 6.92 Å². The molecule has 1 fully saturated rings. The first-order valence-corrected chi connectivity index (χ1v) is 9.99. The number of hydrogen-bond acceptors (Lipinski definition) is 6. The SMILES string of the molecule is CCOc1ccc(Cc2cc([C@@H]3OC(C)(CO)[C@@H](O)[C@H](O)[C@H]3O)ccc2Cl)cc1. The Morgan fingerprint density at radius 2 is 1.76 bits per heavy atom. The van der Waals surface area contributed by atoms with Gasteiger partial charge in [0.15, 0.2) is 0 Å². The number of aliphatic hydroxyl groups excluding tert-OH is 4. The van der Waals surface area contributed by atoms with Gasteiger partial charge in [-0.3, -0.25) is 0 Å². The van der Waals surface area contributed by atoms with Crippen LogP contribution in [0.2, 0.25) is 5.02 Å². The Kier molecular flexibility index (Phi) is 6.83. The van der Waals surface area contributed by atoms with E-state index in [-0.39, 0.29) is 0 Å². The fourth-order valence-electron chi connectivity index (χ4n) is 3.55. The predicted octanol–water partition coefficient (Wildman–Crippen LogP) is 2.23. The van der Waals surface area contributed by atoms with E-state index in [1.807, 2.05) is 37.3 Å². The van der Waals surface area contributed by atoms with Gasteiger partial charge in [0, 0.05) is 5.02 Å². The topological polar surface area (TPSA) is 99.4 Å². The molecule has 158 valence electrons. The maximum absolute atomic E-state index is 10.5. The molecular formula is C22H27ClO6. The molecule has 6 nitrogen and oxygen atoms in total. The van der Waals surface area contributed by atoms with Gasteiger partial charge in [-0.05, 0) is 55.2 Å². The van der Waals surface area contributed by atoms with E-state index in [4.69, 9.17) is 21.1 Å². The standard InChI is InChI=1S/C22H27ClO6/c1-3-28-16-7-4-13(5-8-16)10-15-11-14(6-9-17(15)23)20-18(25)19(26)21(27)22(2,12-24)29-20/h4-9,11,18-21,24-27H,3,10,12H2,1-2H3/t18-,19-,20+,21+,22?/m1/s1. The largest absolute Gasteiger partial charge is 0.494 e. The van der Waals surface area contributed by atoms with Crippen LogP contribution >= 0.6 is 11.6 Å². The van der Waals surface area contributed by atoms with Gasteiger partial charge in [0.1, 0.15) is 35.8 Å². The summed E-state index contributed by atoms with van der Waals surface area (Å²) >= 11 is 6.38. The van der Waals surface area contributed by atoms with Crippen LogP contribution in [0.5, 0.6) is 5.75 Å². The normalized spacial score (nSPS) is 29.6. The third kappa shape index (κ3) is 4.58. The molecule has 0 aromatic heterocycles. The molecule has 0 amide bonds. The third-order valence-electron chi connectivity index (χ3n) is 5.35. The molecule has 0 aliphatic carbocycles. The van der Waals surface area contributed by atoms with Crippen molar-refractivity contribution in [3.05, 3.63) is 64.2 Å². The predicted molar refractivity (Wildman–Crippen MR) is 109 cm³/mol. The van der Waals surface area contributed by atoms with E-state index in [1.54, 1.807) is 12.1 Å². The van der Waals surface area contributed by atoms with Crippen LogP contribution in [0, 0.1) is 0 Å². The highest BCUT2D eigenvalue weighted by atomic mass is 35.5. The van der Waals surface area contributed by atoms with Crippen LogP contribution in [0.25, 0.3) is 0 Å². The number of aliphatic hydroxyl groups is 4. The Hall–Kier alpha value is -1.67. The molecule has 2 aromatic carbocycles. The summed E-state index contributed by atoms with van der Waals surface area (Å²) in [4.78, 5) is 0. The average Bonchev–Trinajstić information content (AvgIpc) is 2.72. The summed E-state index contributed by atoms with van der Waals surface area (Å²) in [5.41, 5.74) is 1.08. The van der Waals surface area contributed by atoms with Crippen molar-refractivity contribution < 1.29 is 29.9 Å². The zero-order valence-electron chi connectivity index (χ0n) is 16.5. The average molecular weight is 423 g/mol.